The molecule has 4 rings (SSSR count). The summed E-state index contributed by atoms with van der Waals surface area (Å²) >= 11 is 0. The molecule has 0 aromatic rings. The van der Waals surface area contributed by atoms with Crippen LogP contribution >= 0.6 is 0 Å². The number of likely N-dealkylation sites (N-methyl/N-ethyl adjacent to an activating group) is 1. The van der Waals surface area contributed by atoms with Crippen LogP contribution in [0.15, 0.2) is 0 Å². The summed E-state index contributed by atoms with van der Waals surface area (Å²) in [6.45, 7) is 2.53. The van der Waals surface area contributed by atoms with E-state index in [9.17, 15) is 14.9 Å². The Morgan fingerprint density at radius 2 is 1.88 bits per heavy atom. The standard InChI is InChI=1S/C19H28N4O2/c1-22-9-6-15(16(22)24)23-10-4-14(5-11-23)21-17(25)19(13-20)12-18(19)7-2-3-8-18/h14-15H,2-12H2,1H3,(H,21,25). The van der Waals surface area contributed by atoms with Crippen LogP contribution in [0.25, 0.3) is 0 Å². The number of hydrogen-bond donors (Lipinski definition) is 1. The predicted octanol–water partition coefficient (Wildman–Crippen LogP) is 1.27. The molecule has 4 aliphatic rings. The minimum atomic E-state index is -0.759. The first-order valence-corrected chi connectivity index (χ1v) is 9.73. The molecule has 25 heavy (non-hydrogen) atoms. The quantitative estimate of drug-likeness (QED) is 0.836. The van der Waals surface area contributed by atoms with E-state index in [4.69, 9.17) is 0 Å². The molecule has 2 saturated carbocycles. The number of nitriles is 1. The molecule has 6 nitrogen and oxygen atoms in total. The highest BCUT2D eigenvalue weighted by Gasteiger charge is 2.72. The molecular formula is C19H28N4O2. The molecule has 2 heterocycles. The van der Waals surface area contributed by atoms with Crippen molar-refractivity contribution < 1.29 is 9.59 Å². The lowest BCUT2D eigenvalue weighted by Crippen LogP contribution is -2.51. The fourth-order valence-electron chi connectivity index (χ4n) is 5.46. The molecule has 0 aromatic carbocycles. The Morgan fingerprint density at radius 1 is 1.20 bits per heavy atom. The van der Waals surface area contributed by atoms with E-state index in [0.29, 0.717) is 0 Å². The normalized spacial score (nSPS) is 35.1. The first-order chi connectivity index (χ1) is 12.0. The van der Waals surface area contributed by atoms with Gasteiger partial charge in [0.1, 0.15) is 5.41 Å². The molecule has 1 N–H and O–H groups in total. The Kier molecular flexibility index (Phi) is 4.03. The Hall–Kier alpha value is -1.61. The molecule has 2 saturated heterocycles. The summed E-state index contributed by atoms with van der Waals surface area (Å²) in [6, 6.07) is 2.53. The van der Waals surface area contributed by atoms with Gasteiger partial charge in [-0.25, -0.2) is 0 Å². The highest BCUT2D eigenvalue weighted by Crippen LogP contribution is 2.71. The summed E-state index contributed by atoms with van der Waals surface area (Å²) in [5.41, 5.74) is -0.780. The average molecular weight is 344 g/mol. The number of likely N-dealkylation sites (tertiary alicyclic amines) is 2. The van der Waals surface area contributed by atoms with Gasteiger partial charge in [0, 0.05) is 38.1 Å². The van der Waals surface area contributed by atoms with E-state index < -0.39 is 5.41 Å². The SMILES string of the molecule is CN1CCC(N2CCC(NC(=O)C3(C#N)CC34CCCC4)CC2)C1=O. The Balaban J connectivity index is 1.31. The van der Waals surface area contributed by atoms with Crippen molar-refractivity contribution in [1.29, 1.82) is 5.26 Å². The monoisotopic (exact) mass is 344 g/mol. The topological polar surface area (TPSA) is 76.4 Å². The summed E-state index contributed by atoms with van der Waals surface area (Å²) in [5, 5.41) is 12.8. The molecule has 0 aromatic heterocycles. The average Bonchev–Trinajstić information content (AvgIpc) is 2.85. The van der Waals surface area contributed by atoms with Crippen LogP contribution in [-0.2, 0) is 9.59 Å². The summed E-state index contributed by atoms with van der Waals surface area (Å²) in [4.78, 5) is 29.1. The maximum atomic E-state index is 12.8. The van der Waals surface area contributed by atoms with Gasteiger partial charge >= 0.3 is 0 Å². The minimum absolute atomic E-state index is 0.0204. The van der Waals surface area contributed by atoms with Gasteiger partial charge in [0.25, 0.3) is 0 Å². The first kappa shape index (κ1) is 16.8. The van der Waals surface area contributed by atoms with Crippen molar-refractivity contribution in [2.45, 2.75) is 63.5 Å². The predicted molar refractivity (Wildman–Crippen MR) is 92.3 cm³/mol. The van der Waals surface area contributed by atoms with Gasteiger partial charge in [-0.3, -0.25) is 14.5 Å². The molecule has 0 bridgehead atoms. The lowest BCUT2D eigenvalue weighted by atomic mass is 9.90. The van der Waals surface area contributed by atoms with E-state index in [2.05, 4.69) is 16.3 Å². The van der Waals surface area contributed by atoms with Gasteiger partial charge in [-0.2, -0.15) is 5.26 Å². The summed E-state index contributed by atoms with van der Waals surface area (Å²) in [6.07, 6.45) is 7.77. The van der Waals surface area contributed by atoms with Gasteiger partial charge in [0.05, 0.1) is 12.1 Å². The number of nitrogens with one attached hydrogen (secondary N) is 1. The molecular weight excluding hydrogens is 316 g/mol. The largest absolute Gasteiger partial charge is 0.352 e. The molecule has 4 fully saturated rings. The van der Waals surface area contributed by atoms with Crippen molar-refractivity contribution in [3.8, 4) is 6.07 Å². The van der Waals surface area contributed by atoms with Crippen LogP contribution in [0.3, 0.4) is 0 Å². The highest BCUT2D eigenvalue weighted by molar-refractivity contribution is 5.90. The van der Waals surface area contributed by atoms with E-state index in [1.807, 2.05) is 11.9 Å². The summed E-state index contributed by atoms with van der Waals surface area (Å²) < 4.78 is 0. The van der Waals surface area contributed by atoms with Gasteiger partial charge in [-0.05, 0) is 38.5 Å². The maximum Gasteiger partial charge on any atom is 0.241 e. The zero-order valence-electron chi connectivity index (χ0n) is 15.1. The van der Waals surface area contributed by atoms with E-state index in [0.717, 1.165) is 71.0 Å². The van der Waals surface area contributed by atoms with Gasteiger partial charge in [0.2, 0.25) is 11.8 Å². The zero-order valence-corrected chi connectivity index (χ0v) is 15.1. The third-order valence-corrected chi connectivity index (χ3v) is 7.23. The van der Waals surface area contributed by atoms with Crippen LogP contribution in [0.4, 0.5) is 0 Å². The molecule has 2 amide bonds. The van der Waals surface area contributed by atoms with Crippen LogP contribution in [-0.4, -0.2) is 60.4 Å². The number of rotatable bonds is 3. The van der Waals surface area contributed by atoms with Crippen LogP contribution in [0.2, 0.25) is 0 Å². The Bertz CT molecular complexity index is 613. The Labute approximate surface area is 149 Å². The molecule has 2 aliphatic carbocycles. The van der Waals surface area contributed by atoms with Crippen molar-refractivity contribution in [3.05, 3.63) is 0 Å². The molecule has 2 unspecified atom stereocenters. The van der Waals surface area contributed by atoms with E-state index in [-0.39, 0.29) is 29.3 Å². The number of carbonyl (C=O) groups is 2. The smallest absolute Gasteiger partial charge is 0.241 e. The van der Waals surface area contributed by atoms with Crippen molar-refractivity contribution in [2.75, 3.05) is 26.7 Å². The van der Waals surface area contributed by atoms with E-state index in [1.165, 1.54) is 0 Å². The fourth-order valence-corrected chi connectivity index (χ4v) is 5.46. The third-order valence-electron chi connectivity index (χ3n) is 7.23. The number of amides is 2. The molecule has 6 heteroatoms. The van der Waals surface area contributed by atoms with Crippen molar-refractivity contribution in [1.82, 2.24) is 15.1 Å². The second-order valence-electron chi connectivity index (χ2n) is 8.53. The highest BCUT2D eigenvalue weighted by atomic mass is 16.2. The molecule has 1 spiro atoms. The van der Waals surface area contributed by atoms with Crippen LogP contribution in [0.5, 0.6) is 0 Å². The second kappa shape index (κ2) is 5.98. The molecule has 136 valence electrons. The van der Waals surface area contributed by atoms with Gasteiger partial charge < -0.3 is 10.2 Å². The van der Waals surface area contributed by atoms with Crippen LogP contribution in [0.1, 0.15) is 51.4 Å². The number of carbonyl (C=O) groups excluding carboxylic acids is 2. The van der Waals surface area contributed by atoms with Gasteiger partial charge in [-0.1, -0.05) is 12.8 Å². The van der Waals surface area contributed by atoms with Crippen molar-refractivity contribution in [2.24, 2.45) is 10.8 Å². The molecule has 0 radical (unpaired) electrons. The minimum Gasteiger partial charge on any atom is -0.352 e. The van der Waals surface area contributed by atoms with Crippen molar-refractivity contribution >= 4 is 11.8 Å². The van der Waals surface area contributed by atoms with Crippen molar-refractivity contribution in [3.63, 3.8) is 0 Å². The van der Waals surface area contributed by atoms with E-state index in [1.54, 1.807) is 0 Å². The number of nitrogens with zero attached hydrogens (tertiary/aromatic N) is 3. The Morgan fingerprint density at radius 3 is 2.44 bits per heavy atom. The lowest BCUT2D eigenvalue weighted by molar-refractivity contribution is -0.132. The lowest BCUT2D eigenvalue weighted by Gasteiger charge is -2.35. The summed E-state index contributed by atoms with van der Waals surface area (Å²) in [7, 11) is 1.87. The van der Waals surface area contributed by atoms with E-state index >= 15 is 0 Å². The second-order valence-corrected chi connectivity index (χ2v) is 8.53. The van der Waals surface area contributed by atoms with Gasteiger partial charge in [-0.15, -0.1) is 0 Å². The third kappa shape index (κ3) is 2.55. The molecule has 2 atom stereocenters. The zero-order chi connectivity index (χ0) is 17.7. The van der Waals surface area contributed by atoms with Gasteiger partial charge in [0.15, 0.2) is 0 Å². The van der Waals surface area contributed by atoms with Crippen LogP contribution in [0, 0.1) is 22.2 Å². The fraction of sp³-hybridized carbons (Fsp3) is 0.842. The first-order valence-electron chi connectivity index (χ1n) is 9.73. The number of piperidine rings is 1. The maximum absolute atomic E-state index is 12.8. The summed E-state index contributed by atoms with van der Waals surface area (Å²) in [5.74, 6) is 0.194. The number of hydrogen-bond acceptors (Lipinski definition) is 4. The van der Waals surface area contributed by atoms with Crippen LogP contribution < -0.4 is 5.32 Å². The molecule has 2 aliphatic heterocycles.